The third-order valence-corrected chi connectivity index (χ3v) is 2.56. The predicted octanol–water partition coefficient (Wildman–Crippen LogP) is 3.30. The zero-order chi connectivity index (χ0) is 13.8. The van der Waals surface area contributed by atoms with E-state index in [2.05, 4.69) is 4.74 Å². The monoisotopic (exact) mass is 374 g/mol. The molecule has 100 valence electrons. The van der Waals surface area contributed by atoms with Gasteiger partial charge in [0, 0.05) is 9.13 Å². The number of carbonyl (C=O) groups is 1. The van der Waals surface area contributed by atoms with Crippen LogP contribution in [0.15, 0.2) is 18.2 Å². The predicted molar refractivity (Wildman–Crippen MR) is 66.2 cm³/mol. The molecule has 0 heterocycles. The van der Waals surface area contributed by atoms with Crippen LogP contribution in [0.3, 0.4) is 0 Å². The Hall–Kier alpha value is -0.990. The van der Waals surface area contributed by atoms with Crippen LogP contribution in [0.4, 0.5) is 13.2 Å². The standard InChI is InChI=1S/C11H10F3IO3/c1-2-17-10(16)6-7-5-8(15)3-4-9(7)18-11(12,13)14/h3-5H,2,6H2,1H3. The second-order valence-electron chi connectivity index (χ2n) is 3.28. The number of benzene rings is 1. The van der Waals surface area contributed by atoms with Crippen LogP contribution in [0.2, 0.25) is 0 Å². The fourth-order valence-electron chi connectivity index (χ4n) is 1.28. The molecule has 1 aromatic carbocycles. The van der Waals surface area contributed by atoms with Crippen LogP contribution in [0, 0.1) is 3.57 Å². The molecule has 0 bridgehead atoms. The average Bonchev–Trinajstić information content (AvgIpc) is 2.20. The molecule has 3 nitrogen and oxygen atoms in total. The van der Waals surface area contributed by atoms with Crippen molar-refractivity contribution in [2.45, 2.75) is 19.7 Å². The molecule has 0 saturated heterocycles. The fraction of sp³-hybridized carbons (Fsp3) is 0.364. The van der Waals surface area contributed by atoms with Crippen LogP contribution in [0.25, 0.3) is 0 Å². The second kappa shape index (κ2) is 6.26. The number of ether oxygens (including phenoxy) is 2. The van der Waals surface area contributed by atoms with Crippen molar-refractivity contribution in [3.05, 3.63) is 27.3 Å². The van der Waals surface area contributed by atoms with Gasteiger partial charge >= 0.3 is 12.3 Å². The molecule has 0 aliphatic heterocycles. The number of hydrogen-bond donors (Lipinski definition) is 0. The molecule has 0 spiro atoms. The maximum Gasteiger partial charge on any atom is 0.573 e. The number of halogens is 4. The Morgan fingerprint density at radius 1 is 1.39 bits per heavy atom. The summed E-state index contributed by atoms with van der Waals surface area (Å²) in [5.41, 5.74) is 0.151. The Morgan fingerprint density at radius 2 is 2.06 bits per heavy atom. The largest absolute Gasteiger partial charge is 0.573 e. The molecule has 0 aromatic heterocycles. The Labute approximate surface area is 115 Å². The molecule has 0 radical (unpaired) electrons. The molecular weight excluding hydrogens is 364 g/mol. The molecule has 0 fully saturated rings. The molecule has 0 atom stereocenters. The number of hydrogen-bond acceptors (Lipinski definition) is 3. The van der Waals surface area contributed by atoms with Crippen molar-refractivity contribution in [3.63, 3.8) is 0 Å². The summed E-state index contributed by atoms with van der Waals surface area (Å²) in [6.07, 6.45) is -5.04. The smallest absolute Gasteiger partial charge is 0.466 e. The molecule has 1 aromatic rings. The second-order valence-corrected chi connectivity index (χ2v) is 4.53. The average molecular weight is 374 g/mol. The zero-order valence-electron chi connectivity index (χ0n) is 9.38. The summed E-state index contributed by atoms with van der Waals surface area (Å²) in [4.78, 5) is 11.3. The first-order valence-electron chi connectivity index (χ1n) is 5.01. The van der Waals surface area contributed by atoms with Gasteiger partial charge < -0.3 is 9.47 Å². The first kappa shape index (κ1) is 15.1. The summed E-state index contributed by atoms with van der Waals surface area (Å²) in [6.45, 7) is 1.80. The molecule has 0 aliphatic carbocycles. The van der Waals surface area contributed by atoms with Crippen LogP contribution in [0.1, 0.15) is 12.5 Å². The van der Waals surface area contributed by atoms with Crippen molar-refractivity contribution in [2.24, 2.45) is 0 Å². The quantitative estimate of drug-likeness (QED) is 0.600. The highest BCUT2D eigenvalue weighted by atomic mass is 127. The van der Waals surface area contributed by atoms with E-state index in [0.29, 0.717) is 3.57 Å². The summed E-state index contributed by atoms with van der Waals surface area (Å²) in [5.74, 6) is -0.970. The molecule has 1 rings (SSSR count). The summed E-state index contributed by atoms with van der Waals surface area (Å²) < 4.78 is 45.8. The Kier molecular flexibility index (Phi) is 5.24. The normalized spacial score (nSPS) is 11.2. The van der Waals surface area contributed by atoms with Crippen LogP contribution in [-0.2, 0) is 16.0 Å². The van der Waals surface area contributed by atoms with Gasteiger partial charge in [-0.1, -0.05) is 0 Å². The molecule has 0 saturated carbocycles. The van der Waals surface area contributed by atoms with Gasteiger partial charge in [0.2, 0.25) is 0 Å². The summed E-state index contributed by atoms with van der Waals surface area (Å²) in [7, 11) is 0. The number of carbonyl (C=O) groups excluding carboxylic acids is 1. The van der Waals surface area contributed by atoms with Crippen molar-refractivity contribution in [3.8, 4) is 5.75 Å². The van der Waals surface area contributed by atoms with Gasteiger partial charge in [-0.2, -0.15) is 0 Å². The lowest BCUT2D eigenvalue weighted by atomic mass is 10.1. The van der Waals surface area contributed by atoms with E-state index in [9.17, 15) is 18.0 Å². The maximum atomic E-state index is 12.2. The van der Waals surface area contributed by atoms with E-state index in [4.69, 9.17) is 4.74 Å². The van der Waals surface area contributed by atoms with Gasteiger partial charge in [-0.3, -0.25) is 4.79 Å². The Bertz CT molecular complexity index is 432. The van der Waals surface area contributed by atoms with Crippen molar-refractivity contribution in [2.75, 3.05) is 6.61 Å². The van der Waals surface area contributed by atoms with Crippen molar-refractivity contribution in [1.29, 1.82) is 0 Å². The minimum Gasteiger partial charge on any atom is -0.466 e. The Morgan fingerprint density at radius 3 is 2.61 bits per heavy atom. The first-order chi connectivity index (χ1) is 8.31. The van der Waals surface area contributed by atoms with Gasteiger partial charge in [0.1, 0.15) is 5.75 Å². The molecular formula is C11H10F3IO3. The van der Waals surface area contributed by atoms with Crippen LogP contribution < -0.4 is 4.74 Å². The molecule has 0 unspecified atom stereocenters. The van der Waals surface area contributed by atoms with Crippen molar-refractivity contribution in [1.82, 2.24) is 0 Å². The van der Waals surface area contributed by atoms with Gasteiger partial charge in [-0.05, 0) is 47.7 Å². The molecule has 0 aliphatic rings. The van der Waals surface area contributed by atoms with Crippen molar-refractivity contribution < 1.29 is 27.4 Å². The lowest BCUT2D eigenvalue weighted by Gasteiger charge is -2.13. The van der Waals surface area contributed by atoms with Gasteiger partial charge in [-0.15, -0.1) is 13.2 Å². The SMILES string of the molecule is CCOC(=O)Cc1cc(I)ccc1OC(F)(F)F. The first-order valence-corrected chi connectivity index (χ1v) is 6.09. The molecule has 0 amide bonds. The van der Waals surface area contributed by atoms with E-state index in [-0.39, 0.29) is 24.3 Å². The highest BCUT2D eigenvalue weighted by molar-refractivity contribution is 14.1. The van der Waals surface area contributed by atoms with Crippen molar-refractivity contribution >= 4 is 28.6 Å². The topological polar surface area (TPSA) is 35.5 Å². The van der Waals surface area contributed by atoms with E-state index in [1.54, 1.807) is 6.92 Å². The van der Waals surface area contributed by atoms with E-state index in [1.165, 1.54) is 18.2 Å². The highest BCUT2D eigenvalue weighted by Crippen LogP contribution is 2.28. The third kappa shape index (κ3) is 5.11. The fourth-order valence-corrected chi connectivity index (χ4v) is 1.83. The highest BCUT2D eigenvalue weighted by Gasteiger charge is 2.32. The van der Waals surface area contributed by atoms with Crippen LogP contribution in [-0.4, -0.2) is 18.9 Å². The van der Waals surface area contributed by atoms with Gasteiger partial charge in [0.05, 0.1) is 13.0 Å². The number of esters is 1. The minimum atomic E-state index is -4.78. The summed E-state index contributed by atoms with van der Waals surface area (Å²) in [6, 6.07) is 4.11. The minimum absolute atomic E-state index is 0.151. The van der Waals surface area contributed by atoms with E-state index < -0.39 is 12.3 Å². The zero-order valence-corrected chi connectivity index (χ0v) is 11.5. The van der Waals surface area contributed by atoms with E-state index in [0.717, 1.165) is 0 Å². The van der Waals surface area contributed by atoms with Gasteiger partial charge in [-0.25, -0.2) is 0 Å². The summed E-state index contributed by atoms with van der Waals surface area (Å²) >= 11 is 1.94. The van der Waals surface area contributed by atoms with E-state index >= 15 is 0 Å². The summed E-state index contributed by atoms with van der Waals surface area (Å²) in [5, 5.41) is 0. The number of alkyl halides is 3. The maximum absolute atomic E-state index is 12.2. The van der Waals surface area contributed by atoms with E-state index in [1.807, 2.05) is 22.6 Å². The lowest BCUT2D eigenvalue weighted by Crippen LogP contribution is -2.19. The van der Waals surface area contributed by atoms with Gasteiger partial charge in [0.25, 0.3) is 0 Å². The Balaban J connectivity index is 2.93. The van der Waals surface area contributed by atoms with Crippen LogP contribution in [0.5, 0.6) is 5.75 Å². The lowest BCUT2D eigenvalue weighted by molar-refractivity contribution is -0.274. The van der Waals surface area contributed by atoms with Crippen LogP contribution >= 0.6 is 22.6 Å². The molecule has 0 N–H and O–H groups in total. The number of rotatable bonds is 4. The van der Waals surface area contributed by atoms with Gasteiger partial charge in [0.15, 0.2) is 0 Å². The molecule has 18 heavy (non-hydrogen) atoms. The molecule has 7 heteroatoms. The third-order valence-electron chi connectivity index (χ3n) is 1.89.